The van der Waals surface area contributed by atoms with Crippen molar-refractivity contribution in [3.63, 3.8) is 0 Å². The number of ether oxygens (including phenoxy) is 2. The number of benzene rings is 1. The van der Waals surface area contributed by atoms with E-state index in [2.05, 4.69) is 15.0 Å². The Labute approximate surface area is 220 Å². The second-order valence-electron chi connectivity index (χ2n) is 9.13. The number of pyridine rings is 1. The second kappa shape index (κ2) is 11.0. The number of anilines is 2. The second-order valence-corrected chi connectivity index (χ2v) is 9.13. The largest absolute Gasteiger partial charge is 0.479 e. The molecular formula is C27H29FN6O4. The number of aromatic nitrogens is 3. The van der Waals surface area contributed by atoms with Crippen LogP contribution in [-0.2, 0) is 9.59 Å². The van der Waals surface area contributed by atoms with Crippen molar-refractivity contribution in [3.05, 3.63) is 60.8 Å². The molecule has 0 aliphatic carbocycles. The molecule has 4 heterocycles. The summed E-state index contributed by atoms with van der Waals surface area (Å²) in [6, 6.07) is 8.93. The van der Waals surface area contributed by atoms with Crippen molar-refractivity contribution in [2.24, 2.45) is 5.92 Å². The molecule has 0 unspecified atom stereocenters. The molecule has 1 atom stereocenters. The Morgan fingerprint density at radius 2 is 1.68 bits per heavy atom. The fourth-order valence-corrected chi connectivity index (χ4v) is 4.51. The number of hydrogen-bond acceptors (Lipinski definition) is 8. The SMILES string of the molecule is CCN(CC)C(=O)C1CN(c2ncc(N3CC[C@@H](Oc4ccc(Oc5ccc(F)cc5)nc4)C3=O)cn2)C1. The predicted molar refractivity (Wildman–Crippen MR) is 138 cm³/mol. The van der Waals surface area contributed by atoms with Gasteiger partial charge >= 0.3 is 0 Å². The van der Waals surface area contributed by atoms with E-state index >= 15 is 0 Å². The summed E-state index contributed by atoms with van der Waals surface area (Å²) in [5, 5.41) is 0. The van der Waals surface area contributed by atoms with Crippen molar-refractivity contribution >= 4 is 23.5 Å². The zero-order chi connectivity index (χ0) is 26.6. The molecule has 2 aromatic heterocycles. The van der Waals surface area contributed by atoms with Gasteiger partial charge in [-0.3, -0.25) is 9.59 Å². The van der Waals surface area contributed by atoms with Crippen LogP contribution >= 0.6 is 0 Å². The molecule has 2 fully saturated rings. The van der Waals surface area contributed by atoms with E-state index < -0.39 is 6.10 Å². The number of carbonyl (C=O) groups is 2. The number of hydrogen-bond donors (Lipinski definition) is 0. The van der Waals surface area contributed by atoms with Gasteiger partial charge in [-0.2, -0.15) is 0 Å². The van der Waals surface area contributed by atoms with Crippen LogP contribution in [0.5, 0.6) is 17.4 Å². The maximum Gasteiger partial charge on any atom is 0.268 e. The fraction of sp³-hybridized carbons (Fsp3) is 0.370. The Morgan fingerprint density at radius 1 is 1.00 bits per heavy atom. The highest BCUT2D eigenvalue weighted by Crippen LogP contribution is 2.28. The van der Waals surface area contributed by atoms with Crippen molar-refractivity contribution in [1.82, 2.24) is 19.9 Å². The number of nitrogens with zero attached hydrogens (tertiary/aromatic N) is 6. The Balaban J connectivity index is 1.13. The van der Waals surface area contributed by atoms with Crippen LogP contribution in [0.1, 0.15) is 20.3 Å². The third-order valence-corrected chi connectivity index (χ3v) is 6.70. The molecule has 1 aromatic carbocycles. The van der Waals surface area contributed by atoms with Gasteiger partial charge in [-0.1, -0.05) is 0 Å². The van der Waals surface area contributed by atoms with Crippen molar-refractivity contribution < 1.29 is 23.5 Å². The highest BCUT2D eigenvalue weighted by atomic mass is 19.1. The summed E-state index contributed by atoms with van der Waals surface area (Å²) in [6.07, 6.45) is 4.60. The average molecular weight is 521 g/mol. The van der Waals surface area contributed by atoms with E-state index in [1.165, 1.54) is 30.5 Å². The lowest BCUT2D eigenvalue weighted by Gasteiger charge is -2.40. The topological polar surface area (TPSA) is 101 Å². The summed E-state index contributed by atoms with van der Waals surface area (Å²) in [6.45, 7) is 7.04. The van der Waals surface area contributed by atoms with E-state index in [9.17, 15) is 14.0 Å². The number of rotatable bonds is 9. The Bertz CT molecular complexity index is 1260. The zero-order valence-electron chi connectivity index (χ0n) is 21.3. The van der Waals surface area contributed by atoms with E-state index in [1.54, 1.807) is 29.4 Å². The predicted octanol–water partition coefficient (Wildman–Crippen LogP) is 3.29. The third kappa shape index (κ3) is 5.36. The number of halogens is 1. The highest BCUT2D eigenvalue weighted by Gasteiger charge is 2.37. The molecule has 2 aliphatic heterocycles. The summed E-state index contributed by atoms with van der Waals surface area (Å²) in [4.78, 5) is 43.9. The van der Waals surface area contributed by atoms with Gasteiger partial charge in [0.05, 0.1) is 30.2 Å². The Hall–Kier alpha value is -4.28. The summed E-state index contributed by atoms with van der Waals surface area (Å²) in [7, 11) is 0. The molecule has 3 aromatic rings. The van der Waals surface area contributed by atoms with Crippen LogP contribution in [0.4, 0.5) is 16.0 Å². The summed E-state index contributed by atoms with van der Waals surface area (Å²) >= 11 is 0. The number of amides is 2. The monoisotopic (exact) mass is 520 g/mol. The van der Waals surface area contributed by atoms with Gasteiger partial charge < -0.3 is 24.2 Å². The molecule has 11 heteroatoms. The molecule has 0 radical (unpaired) electrons. The first kappa shape index (κ1) is 25.4. The van der Waals surface area contributed by atoms with Gasteiger partial charge in [0.25, 0.3) is 5.91 Å². The first-order valence-electron chi connectivity index (χ1n) is 12.7. The minimum absolute atomic E-state index is 0.0331. The minimum atomic E-state index is -0.650. The molecule has 38 heavy (non-hydrogen) atoms. The molecular weight excluding hydrogens is 491 g/mol. The maximum absolute atomic E-state index is 13.0. The summed E-state index contributed by atoms with van der Waals surface area (Å²) < 4.78 is 24.5. The van der Waals surface area contributed by atoms with E-state index in [0.29, 0.717) is 68.2 Å². The van der Waals surface area contributed by atoms with Crippen LogP contribution in [0.15, 0.2) is 55.0 Å². The van der Waals surface area contributed by atoms with Gasteiger partial charge in [-0.25, -0.2) is 19.3 Å². The summed E-state index contributed by atoms with van der Waals surface area (Å²) in [5.74, 6) is 1.38. The van der Waals surface area contributed by atoms with Gasteiger partial charge in [0.2, 0.25) is 17.7 Å². The molecule has 198 valence electrons. The van der Waals surface area contributed by atoms with Crippen molar-refractivity contribution in [2.75, 3.05) is 42.5 Å². The van der Waals surface area contributed by atoms with Gasteiger partial charge in [-0.05, 0) is 44.2 Å². The minimum Gasteiger partial charge on any atom is -0.479 e. The van der Waals surface area contributed by atoms with E-state index in [4.69, 9.17) is 9.47 Å². The standard InChI is InChI=1S/C27H29FN6O4/c1-3-32(4-2)25(35)18-16-33(17-18)27-30-13-20(14-31-27)34-12-11-23(26(34)36)37-22-9-10-24(29-15-22)38-21-7-5-19(28)6-8-21/h5-10,13-15,18,23H,3-4,11-12,16-17H2,1-2H3/t23-/m1/s1. The fourth-order valence-electron chi connectivity index (χ4n) is 4.51. The van der Waals surface area contributed by atoms with E-state index in [1.807, 2.05) is 23.6 Å². The lowest BCUT2D eigenvalue weighted by molar-refractivity contribution is -0.136. The lowest BCUT2D eigenvalue weighted by atomic mass is 9.99. The molecule has 10 nitrogen and oxygen atoms in total. The Morgan fingerprint density at radius 3 is 2.32 bits per heavy atom. The van der Waals surface area contributed by atoms with Crippen LogP contribution in [-0.4, -0.2) is 70.5 Å². The lowest BCUT2D eigenvalue weighted by Crippen LogP contribution is -2.55. The molecule has 2 amide bonds. The average Bonchev–Trinajstić information content (AvgIpc) is 3.26. The molecule has 2 saturated heterocycles. The maximum atomic E-state index is 13.0. The van der Waals surface area contributed by atoms with Crippen LogP contribution in [0.2, 0.25) is 0 Å². The van der Waals surface area contributed by atoms with E-state index in [0.717, 1.165) is 0 Å². The van der Waals surface area contributed by atoms with Crippen molar-refractivity contribution in [3.8, 4) is 17.4 Å². The van der Waals surface area contributed by atoms with Crippen LogP contribution in [0.3, 0.4) is 0 Å². The zero-order valence-corrected chi connectivity index (χ0v) is 21.3. The third-order valence-electron chi connectivity index (χ3n) is 6.70. The first-order chi connectivity index (χ1) is 18.4. The molecule has 0 spiro atoms. The number of carbonyl (C=O) groups excluding carboxylic acids is 2. The molecule has 5 rings (SSSR count). The molecule has 0 bridgehead atoms. The van der Waals surface area contributed by atoms with Gasteiger partial charge in [-0.15, -0.1) is 0 Å². The molecule has 0 saturated carbocycles. The summed E-state index contributed by atoms with van der Waals surface area (Å²) in [5.41, 5.74) is 0.599. The quantitative estimate of drug-likeness (QED) is 0.424. The van der Waals surface area contributed by atoms with Gasteiger partial charge in [0.15, 0.2) is 6.10 Å². The molecule has 2 aliphatic rings. The smallest absolute Gasteiger partial charge is 0.268 e. The first-order valence-corrected chi connectivity index (χ1v) is 12.7. The highest BCUT2D eigenvalue weighted by molar-refractivity contribution is 5.98. The van der Waals surface area contributed by atoms with Crippen LogP contribution in [0.25, 0.3) is 0 Å². The van der Waals surface area contributed by atoms with Gasteiger partial charge in [0.1, 0.15) is 17.3 Å². The molecule has 0 N–H and O–H groups in total. The van der Waals surface area contributed by atoms with Crippen LogP contribution < -0.4 is 19.3 Å². The van der Waals surface area contributed by atoms with Crippen molar-refractivity contribution in [2.45, 2.75) is 26.4 Å². The van der Waals surface area contributed by atoms with Crippen LogP contribution in [0, 0.1) is 11.7 Å². The van der Waals surface area contributed by atoms with E-state index in [-0.39, 0.29) is 23.5 Å². The Kier molecular flexibility index (Phi) is 7.34. The normalized spacial score (nSPS) is 17.3. The van der Waals surface area contributed by atoms with Crippen molar-refractivity contribution in [1.29, 1.82) is 0 Å². The van der Waals surface area contributed by atoms with Gasteiger partial charge in [0, 0.05) is 45.2 Å².